The van der Waals surface area contributed by atoms with Crippen LogP contribution < -0.4 is 4.74 Å². The van der Waals surface area contributed by atoms with E-state index < -0.39 is 0 Å². The number of ether oxygens (including phenoxy) is 1. The van der Waals surface area contributed by atoms with Crippen molar-refractivity contribution in [2.24, 2.45) is 0 Å². The highest BCUT2D eigenvalue weighted by atomic mass is 16.5. The Morgan fingerprint density at radius 1 is 1.40 bits per heavy atom. The Hall–Kier alpha value is -1.39. The van der Waals surface area contributed by atoms with Gasteiger partial charge in [0.2, 0.25) is 0 Å². The first-order valence-electron chi connectivity index (χ1n) is 7.22. The number of carbonyl (C=O) groups excluding carboxylic acids is 1. The first-order valence-corrected chi connectivity index (χ1v) is 7.22. The highest BCUT2D eigenvalue weighted by Gasteiger charge is 2.31. The van der Waals surface area contributed by atoms with Crippen LogP contribution in [0.2, 0.25) is 0 Å². The molecule has 1 aliphatic carbocycles. The normalized spacial score (nSPS) is 16.8. The van der Waals surface area contributed by atoms with Crippen LogP contribution in [0.15, 0.2) is 24.3 Å². The van der Waals surface area contributed by atoms with Crippen LogP contribution in [-0.2, 0) is 0 Å². The summed E-state index contributed by atoms with van der Waals surface area (Å²) in [7, 11) is 1.61. The van der Waals surface area contributed by atoms with Crippen LogP contribution in [0.1, 0.15) is 36.5 Å². The molecule has 2 rings (SSSR count). The predicted molar refractivity (Wildman–Crippen MR) is 78.2 cm³/mol. The van der Waals surface area contributed by atoms with Crippen molar-refractivity contribution >= 4 is 5.78 Å². The number of methoxy groups -OCH3 is 1. The quantitative estimate of drug-likeness (QED) is 0.776. The molecule has 4 nitrogen and oxygen atoms in total. The minimum atomic E-state index is -0.194. The molecule has 0 spiro atoms. The third-order valence-electron chi connectivity index (χ3n) is 4.15. The van der Waals surface area contributed by atoms with Crippen molar-refractivity contribution in [2.75, 3.05) is 20.3 Å². The van der Waals surface area contributed by atoms with Crippen molar-refractivity contribution in [1.82, 2.24) is 4.90 Å². The number of hydrogen-bond acceptors (Lipinski definition) is 4. The number of carbonyl (C=O) groups is 1. The number of aliphatic hydroxyl groups excluding tert-OH is 1. The molecule has 0 aliphatic heterocycles. The molecule has 0 amide bonds. The van der Waals surface area contributed by atoms with E-state index in [1.807, 2.05) is 6.92 Å². The molecule has 0 radical (unpaired) electrons. The summed E-state index contributed by atoms with van der Waals surface area (Å²) in [5.74, 6) is 0.855. The maximum absolute atomic E-state index is 12.5. The smallest absolute Gasteiger partial charge is 0.179 e. The predicted octanol–water partition coefficient (Wildman–Crippen LogP) is 2.11. The zero-order chi connectivity index (χ0) is 14.5. The molecule has 4 heteroatoms. The maximum Gasteiger partial charge on any atom is 0.179 e. The van der Waals surface area contributed by atoms with Crippen molar-refractivity contribution in [3.8, 4) is 5.75 Å². The average Bonchev–Trinajstić information content (AvgIpc) is 2.43. The van der Waals surface area contributed by atoms with Gasteiger partial charge in [0.15, 0.2) is 5.78 Å². The monoisotopic (exact) mass is 277 g/mol. The van der Waals surface area contributed by atoms with Crippen LogP contribution in [-0.4, -0.2) is 48.1 Å². The standard InChI is InChI=1S/C16H23NO3/c1-12(17(10-11-18)14-4-3-5-14)16(19)13-6-8-15(20-2)9-7-13/h6-9,12,14,18H,3-5,10-11H2,1-2H3. The number of benzene rings is 1. The molecule has 1 N–H and O–H groups in total. The Morgan fingerprint density at radius 2 is 2.05 bits per heavy atom. The van der Waals surface area contributed by atoms with Crippen molar-refractivity contribution in [3.05, 3.63) is 29.8 Å². The lowest BCUT2D eigenvalue weighted by atomic mass is 9.89. The second-order valence-electron chi connectivity index (χ2n) is 5.31. The zero-order valence-electron chi connectivity index (χ0n) is 12.2. The van der Waals surface area contributed by atoms with Gasteiger partial charge in [-0.2, -0.15) is 0 Å². The molecular weight excluding hydrogens is 254 g/mol. The van der Waals surface area contributed by atoms with Crippen LogP contribution in [0.3, 0.4) is 0 Å². The Labute approximate surface area is 120 Å². The number of nitrogens with zero attached hydrogens (tertiary/aromatic N) is 1. The van der Waals surface area contributed by atoms with Crippen LogP contribution in [0, 0.1) is 0 Å². The van der Waals surface area contributed by atoms with E-state index in [1.165, 1.54) is 6.42 Å². The summed E-state index contributed by atoms with van der Waals surface area (Å²) in [5.41, 5.74) is 0.695. The number of ketones is 1. The van der Waals surface area contributed by atoms with Gasteiger partial charge in [-0.3, -0.25) is 9.69 Å². The summed E-state index contributed by atoms with van der Waals surface area (Å²) in [6.07, 6.45) is 3.47. The van der Waals surface area contributed by atoms with Gasteiger partial charge in [-0.1, -0.05) is 6.42 Å². The van der Waals surface area contributed by atoms with Crippen molar-refractivity contribution in [3.63, 3.8) is 0 Å². The van der Waals surface area contributed by atoms with Gasteiger partial charge in [-0.25, -0.2) is 0 Å². The number of rotatable bonds is 7. The lowest BCUT2D eigenvalue weighted by Gasteiger charge is -2.40. The van der Waals surface area contributed by atoms with E-state index in [4.69, 9.17) is 4.74 Å². The molecule has 1 saturated carbocycles. The summed E-state index contributed by atoms with van der Waals surface area (Å²) in [4.78, 5) is 14.7. The lowest BCUT2D eigenvalue weighted by molar-refractivity contribution is 0.0528. The number of aliphatic hydroxyl groups is 1. The maximum atomic E-state index is 12.5. The van der Waals surface area contributed by atoms with Gasteiger partial charge in [0, 0.05) is 18.2 Å². The van der Waals surface area contributed by atoms with E-state index in [-0.39, 0.29) is 18.4 Å². The van der Waals surface area contributed by atoms with Crippen molar-refractivity contribution in [1.29, 1.82) is 0 Å². The molecule has 1 aromatic rings. The summed E-state index contributed by atoms with van der Waals surface area (Å²) in [6.45, 7) is 2.59. The second-order valence-corrected chi connectivity index (χ2v) is 5.31. The van der Waals surface area contributed by atoms with E-state index in [2.05, 4.69) is 4.90 Å². The van der Waals surface area contributed by atoms with Crippen molar-refractivity contribution in [2.45, 2.75) is 38.3 Å². The lowest BCUT2D eigenvalue weighted by Crippen LogP contribution is -2.49. The fraction of sp³-hybridized carbons (Fsp3) is 0.562. The van der Waals surface area contributed by atoms with Gasteiger partial charge < -0.3 is 9.84 Å². The Balaban J connectivity index is 2.08. The fourth-order valence-corrected chi connectivity index (χ4v) is 2.67. The molecule has 0 bridgehead atoms. The molecule has 0 saturated heterocycles. The van der Waals surface area contributed by atoms with Gasteiger partial charge in [0.05, 0.1) is 19.8 Å². The van der Waals surface area contributed by atoms with Crippen LogP contribution in [0.5, 0.6) is 5.75 Å². The molecule has 110 valence electrons. The van der Waals surface area contributed by atoms with Gasteiger partial charge >= 0.3 is 0 Å². The first-order chi connectivity index (χ1) is 9.67. The Morgan fingerprint density at radius 3 is 2.50 bits per heavy atom. The van der Waals surface area contributed by atoms with E-state index in [0.29, 0.717) is 18.2 Å². The topological polar surface area (TPSA) is 49.8 Å². The molecule has 0 aromatic heterocycles. The molecule has 20 heavy (non-hydrogen) atoms. The highest BCUT2D eigenvalue weighted by molar-refractivity contribution is 6.00. The number of hydrogen-bond donors (Lipinski definition) is 1. The van der Waals surface area contributed by atoms with Gasteiger partial charge in [-0.05, 0) is 44.0 Å². The van der Waals surface area contributed by atoms with Gasteiger partial charge in [0.1, 0.15) is 5.75 Å². The Bertz CT molecular complexity index is 440. The van der Waals surface area contributed by atoms with E-state index in [1.54, 1.807) is 31.4 Å². The average molecular weight is 277 g/mol. The SMILES string of the molecule is COc1ccc(C(=O)C(C)N(CCO)C2CCC2)cc1. The molecule has 1 fully saturated rings. The van der Waals surface area contributed by atoms with Gasteiger partial charge in [-0.15, -0.1) is 0 Å². The minimum Gasteiger partial charge on any atom is -0.497 e. The molecular formula is C16H23NO3. The molecule has 1 atom stereocenters. The molecule has 1 unspecified atom stereocenters. The van der Waals surface area contributed by atoms with Gasteiger partial charge in [0.25, 0.3) is 0 Å². The van der Waals surface area contributed by atoms with Crippen LogP contribution in [0.4, 0.5) is 0 Å². The fourth-order valence-electron chi connectivity index (χ4n) is 2.67. The largest absolute Gasteiger partial charge is 0.497 e. The summed E-state index contributed by atoms with van der Waals surface area (Å²) < 4.78 is 5.11. The number of Topliss-reactive ketones (excluding diaryl/α,β-unsaturated/α-hetero) is 1. The van der Waals surface area contributed by atoms with Crippen LogP contribution >= 0.6 is 0 Å². The summed E-state index contributed by atoms with van der Waals surface area (Å²) in [5, 5.41) is 9.21. The molecule has 1 aliphatic rings. The second kappa shape index (κ2) is 6.86. The third kappa shape index (κ3) is 3.19. The first kappa shape index (κ1) is 15.0. The van der Waals surface area contributed by atoms with E-state index in [0.717, 1.165) is 18.6 Å². The van der Waals surface area contributed by atoms with Crippen molar-refractivity contribution < 1.29 is 14.6 Å². The highest BCUT2D eigenvalue weighted by Crippen LogP contribution is 2.27. The molecule has 1 aromatic carbocycles. The van der Waals surface area contributed by atoms with E-state index >= 15 is 0 Å². The van der Waals surface area contributed by atoms with Crippen LogP contribution in [0.25, 0.3) is 0 Å². The third-order valence-corrected chi connectivity index (χ3v) is 4.15. The minimum absolute atomic E-state index is 0.0940. The summed E-state index contributed by atoms with van der Waals surface area (Å²) in [6, 6.07) is 7.46. The Kier molecular flexibility index (Phi) is 5.15. The zero-order valence-corrected chi connectivity index (χ0v) is 12.2. The molecule has 0 heterocycles. The summed E-state index contributed by atoms with van der Waals surface area (Å²) >= 11 is 0. The van der Waals surface area contributed by atoms with E-state index in [9.17, 15) is 9.90 Å².